The van der Waals surface area contributed by atoms with E-state index in [1.54, 1.807) is 12.3 Å². The number of benzene rings is 3. The van der Waals surface area contributed by atoms with Gasteiger partial charge in [0, 0.05) is 37.1 Å². The predicted octanol–water partition coefficient (Wildman–Crippen LogP) is 6.61. The van der Waals surface area contributed by atoms with Gasteiger partial charge in [-0.1, -0.05) is 23.7 Å². The molecule has 2 N–H and O–H groups in total. The van der Waals surface area contributed by atoms with Crippen LogP contribution in [0.25, 0.3) is 22.0 Å². The summed E-state index contributed by atoms with van der Waals surface area (Å²) in [5, 5.41) is 15.3. The number of fused-ring (bicyclic) bond motifs is 1. The van der Waals surface area contributed by atoms with Crippen molar-refractivity contribution in [3.63, 3.8) is 0 Å². The van der Waals surface area contributed by atoms with Gasteiger partial charge in [-0.2, -0.15) is 0 Å². The number of halogens is 2. The number of phenolic OH excluding ortho intramolecular Hbond substituents is 1. The van der Waals surface area contributed by atoms with Crippen LogP contribution in [0.3, 0.4) is 0 Å². The highest BCUT2D eigenvalue weighted by molar-refractivity contribution is 14.1. The lowest BCUT2D eigenvalue weighted by atomic mass is 10.0. The zero-order chi connectivity index (χ0) is 18.1. The molecule has 0 spiro atoms. The van der Waals surface area contributed by atoms with Crippen molar-refractivity contribution >= 4 is 56.5 Å². The van der Waals surface area contributed by atoms with E-state index in [1.165, 1.54) is 0 Å². The average Bonchev–Trinajstić information content (AvgIpc) is 2.64. The number of hydrogen-bond acceptors (Lipinski definition) is 3. The molecule has 0 atom stereocenters. The summed E-state index contributed by atoms with van der Waals surface area (Å²) in [5.74, 6) is 0.253. The molecule has 26 heavy (non-hydrogen) atoms. The molecule has 0 bridgehead atoms. The van der Waals surface area contributed by atoms with Crippen LogP contribution in [0.5, 0.6) is 5.75 Å². The molecule has 0 aliphatic carbocycles. The largest absolute Gasteiger partial charge is 0.507 e. The molecule has 0 aliphatic rings. The van der Waals surface area contributed by atoms with E-state index in [2.05, 4.69) is 32.9 Å². The highest BCUT2D eigenvalue weighted by Crippen LogP contribution is 2.34. The quantitative estimate of drug-likeness (QED) is 0.260. The van der Waals surface area contributed by atoms with Crippen LogP contribution in [0.2, 0.25) is 5.02 Å². The first-order valence-electron chi connectivity index (χ1n) is 8.00. The Bertz CT molecular complexity index is 1100. The standard InChI is InChI=1S/C21H14ClIN2O/c22-14-3-7-17-19(9-10-24-20(17)11-14)25-16-6-8-21(26)18(12-16)13-1-4-15(23)5-2-13/h1-12,26H,(H,24,25). The Labute approximate surface area is 169 Å². The van der Waals surface area contributed by atoms with Gasteiger partial charge in [0.25, 0.3) is 0 Å². The van der Waals surface area contributed by atoms with Gasteiger partial charge in [-0.25, -0.2) is 0 Å². The van der Waals surface area contributed by atoms with E-state index in [9.17, 15) is 5.11 Å². The van der Waals surface area contributed by atoms with Crippen molar-refractivity contribution in [3.05, 3.63) is 81.5 Å². The van der Waals surface area contributed by atoms with Crippen molar-refractivity contribution in [3.8, 4) is 16.9 Å². The van der Waals surface area contributed by atoms with Crippen LogP contribution in [0.4, 0.5) is 11.4 Å². The van der Waals surface area contributed by atoms with E-state index in [-0.39, 0.29) is 5.75 Å². The Kier molecular flexibility index (Phi) is 4.70. The number of aromatic hydroxyl groups is 1. The summed E-state index contributed by atoms with van der Waals surface area (Å²) in [6.45, 7) is 0. The Morgan fingerprint density at radius 1 is 0.923 bits per heavy atom. The van der Waals surface area contributed by atoms with Crippen molar-refractivity contribution in [2.75, 3.05) is 5.32 Å². The molecule has 1 heterocycles. The molecule has 3 aromatic carbocycles. The normalized spacial score (nSPS) is 10.8. The van der Waals surface area contributed by atoms with Crippen LogP contribution in [0, 0.1) is 3.57 Å². The highest BCUT2D eigenvalue weighted by atomic mass is 127. The fourth-order valence-corrected chi connectivity index (χ4v) is 3.39. The Hall–Kier alpha value is -2.31. The monoisotopic (exact) mass is 472 g/mol. The minimum Gasteiger partial charge on any atom is -0.507 e. The van der Waals surface area contributed by atoms with Crippen LogP contribution < -0.4 is 5.32 Å². The van der Waals surface area contributed by atoms with Crippen LogP contribution in [-0.4, -0.2) is 10.1 Å². The van der Waals surface area contributed by atoms with Gasteiger partial charge in [0.2, 0.25) is 0 Å². The van der Waals surface area contributed by atoms with Gasteiger partial charge in [-0.05, 0) is 82.8 Å². The molecular weight excluding hydrogens is 459 g/mol. The first kappa shape index (κ1) is 17.1. The smallest absolute Gasteiger partial charge is 0.123 e. The molecule has 4 rings (SSSR count). The molecule has 0 fully saturated rings. The van der Waals surface area contributed by atoms with Gasteiger partial charge in [0.1, 0.15) is 5.75 Å². The van der Waals surface area contributed by atoms with Crippen molar-refractivity contribution < 1.29 is 5.11 Å². The lowest BCUT2D eigenvalue weighted by Crippen LogP contribution is -1.93. The molecule has 0 radical (unpaired) electrons. The van der Waals surface area contributed by atoms with E-state index in [0.717, 1.165) is 37.0 Å². The zero-order valence-corrected chi connectivity index (χ0v) is 16.5. The lowest BCUT2D eigenvalue weighted by molar-refractivity contribution is 0.477. The molecule has 128 valence electrons. The van der Waals surface area contributed by atoms with E-state index >= 15 is 0 Å². The third-order valence-corrected chi connectivity index (χ3v) is 5.09. The van der Waals surface area contributed by atoms with Crippen molar-refractivity contribution in [2.24, 2.45) is 0 Å². The molecule has 0 aliphatic heterocycles. The maximum atomic E-state index is 10.3. The zero-order valence-electron chi connectivity index (χ0n) is 13.6. The molecule has 0 saturated heterocycles. The first-order chi connectivity index (χ1) is 12.6. The molecule has 0 amide bonds. The van der Waals surface area contributed by atoms with Gasteiger partial charge < -0.3 is 10.4 Å². The Morgan fingerprint density at radius 3 is 2.54 bits per heavy atom. The number of pyridine rings is 1. The highest BCUT2D eigenvalue weighted by Gasteiger charge is 2.08. The second kappa shape index (κ2) is 7.13. The predicted molar refractivity (Wildman–Crippen MR) is 116 cm³/mol. The number of nitrogens with zero attached hydrogens (tertiary/aromatic N) is 1. The topological polar surface area (TPSA) is 45.1 Å². The second-order valence-corrected chi connectivity index (χ2v) is 7.57. The van der Waals surface area contributed by atoms with Crippen LogP contribution in [-0.2, 0) is 0 Å². The molecule has 4 aromatic rings. The fourth-order valence-electron chi connectivity index (χ4n) is 2.86. The summed E-state index contributed by atoms with van der Waals surface area (Å²) >= 11 is 8.33. The summed E-state index contributed by atoms with van der Waals surface area (Å²) in [4.78, 5) is 4.37. The first-order valence-corrected chi connectivity index (χ1v) is 9.46. The third-order valence-electron chi connectivity index (χ3n) is 4.14. The van der Waals surface area contributed by atoms with E-state index in [0.29, 0.717) is 5.02 Å². The van der Waals surface area contributed by atoms with Gasteiger partial charge >= 0.3 is 0 Å². The minimum absolute atomic E-state index is 0.253. The number of rotatable bonds is 3. The molecule has 3 nitrogen and oxygen atoms in total. The Morgan fingerprint density at radius 2 is 1.73 bits per heavy atom. The minimum atomic E-state index is 0.253. The molecule has 1 aromatic heterocycles. The van der Waals surface area contributed by atoms with Gasteiger partial charge in [-0.15, -0.1) is 0 Å². The van der Waals surface area contributed by atoms with Crippen molar-refractivity contribution in [1.29, 1.82) is 0 Å². The fraction of sp³-hybridized carbons (Fsp3) is 0. The van der Waals surface area contributed by atoms with Crippen molar-refractivity contribution in [2.45, 2.75) is 0 Å². The van der Waals surface area contributed by atoms with Crippen LogP contribution >= 0.6 is 34.2 Å². The molecular formula is C21H14ClIN2O. The summed E-state index contributed by atoms with van der Waals surface area (Å²) < 4.78 is 1.15. The second-order valence-electron chi connectivity index (χ2n) is 5.88. The molecule has 5 heteroatoms. The average molecular weight is 473 g/mol. The number of anilines is 2. The lowest BCUT2D eigenvalue weighted by Gasteiger charge is -2.12. The van der Waals surface area contributed by atoms with Crippen LogP contribution in [0.1, 0.15) is 0 Å². The van der Waals surface area contributed by atoms with E-state index < -0.39 is 0 Å². The summed E-state index contributed by atoms with van der Waals surface area (Å²) in [5.41, 5.74) is 4.41. The summed E-state index contributed by atoms with van der Waals surface area (Å²) in [6.07, 6.45) is 1.75. The summed E-state index contributed by atoms with van der Waals surface area (Å²) in [6, 6.07) is 21.1. The van der Waals surface area contributed by atoms with Gasteiger partial charge in [0.05, 0.1) is 5.52 Å². The maximum Gasteiger partial charge on any atom is 0.123 e. The number of hydrogen-bond donors (Lipinski definition) is 2. The number of aromatic nitrogens is 1. The SMILES string of the molecule is Oc1ccc(Nc2ccnc3cc(Cl)ccc23)cc1-c1ccc(I)cc1. The van der Waals surface area contributed by atoms with Gasteiger partial charge in [0.15, 0.2) is 0 Å². The molecule has 0 unspecified atom stereocenters. The number of nitrogens with one attached hydrogen (secondary N) is 1. The maximum absolute atomic E-state index is 10.3. The van der Waals surface area contributed by atoms with Crippen LogP contribution in [0.15, 0.2) is 72.9 Å². The molecule has 0 saturated carbocycles. The Balaban J connectivity index is 1.74. The van der Waals surface area contributed by atoms with E-state index in [1.807, 2.05) is 60.7 Å². The van der Waals surface area contributed by atoms with E-state index in [4.69, 9.17) is 11.6 Å². The van der Waals surface area contributed by atoms with Crippen molar-refractivity contribution in [1.82, 2.24) is 4.98 Å². The number of phenols is 1. The third kappa shape index (κ3) is 3.48. The summed E-state index contributed by atoms with van der Waals surface area (Å²) in [7, 11) is 0. The van der Waals surface area contributed by atoms with Gasteiger partial charge in [-0.3, -0.25) is 4.98 Å².